The molecule has 3 aromatic rings. The quantitative estimate of drug-likeness (QED) is 0.313. The van der Waals surface area contributed by atoms with Crippen LogP contribution in [0, 0.1) is 0 Å². The smallest absolute Gasteiger partial charge is 0.339 e. The second-order valence-electron chi connectivity index (χ2n) is 6.32. The van der Waals surface area contributed by atoms with Gasteiger partial charge < -0.3 is 9.84 Å². The maximum absolute atomic E-state index is 11.5. The molecular weight excluding hydrogens is 392 g/mol. The minimum atomic E-state index is -1.15. The number of aromatic carboxylic acids is 1. The summed E-state index contributed by atoms with van der Waals surface area (Å²) in [5, 5.41) is 21.0. The van der Waals surface area contributed by atoms with E-state index in [1.807, 2.05) is 24.3 Å². The fourth-order valence-corrected chi connectivity index (χ4v) is 4.06. The summed E-state index contributed by atoms with van der Waals surface area (Å²) in [5.74, 6) is 0.0644. The number of aromatic nitrogens is 1. The Bertz CT molecular complexity index is 1030. The molecule has 0 fully saturated rings. The number of carboxylic acids is 1. The van der Waals surface area contributed by atoms with E-state index in [2.05, 4.69) is 11.1 Å². The Morgan fingerprint density at radius 1 is 1.28 bits per heavy atom. The fraction of sp³-hybridized carbons (Fsp3) is 0.190. The van der Waals surface area contributed by atoms with Crippen LogP contribution in [0.2, 0.25) is 0 Å². The van der Waals surface area contributed by atoms with E-state index < -0.39 is 12.0 Å². The van der Waals surface area contributed by atoms with Crippen LogP contribution in [0.5, 0.6) is 5.75 Å². The van der Waals surface area contributed by atoms with Gasteiger partial charge in [0.15, 0.2) is 0 Å². The fourth-order valence-electron chi connectivity index (χ4n) is 2.98. The zero-order valence-electron chi connectivity index (χ0n) is 15.7. The molecule has 0 spiro atoms. The van der Waals surface area contributed by atoms with Crippen molar-refractivity contribution < 1.29 is 24.6 Å². The molecule has 0 aliphatic heterocycles. The molecule has 0 radical (unpaired) electrons. The summed E-state index contributed by atoms with van der Waals surface area (Å²) >= 11 is 1.51. The number of hydroxylamine groups is 2. The third-order valence-electron chi connectivity index (χ3n) is 4.46. The number of methoxy groups -OCH3 is 1. The molecule has 0 saturated heterocycles. The molecule has 0 saturated carbocycles. The topological polar surface area (TPSA) is 100.0 Å². The Labute approximate surface area is 171 Å². The van der Waals surface area contributed by atoms with Crippen LogP contribution in [0.1, 0.15) is 27.5 Å². The third-order valence-corrected chi connectivity index (χ3v) is 5.55. The lowest BCUT2D eigenvalue weighted by molar-refractivity contribution is -0.158. The Morgan fingerprint density at radius 2 is 2.07 bits per heavy atom. The van der Waals surface area contributed by atoms with Crippen LogP contribution in [-0.2, 0) is 10.5 Å². The number of rotatable bonds is 9. The monoisotopic (exact) mass is 412 g/mol. The molecule has 1 aromatic heterocycles. The number of carbonyl (C=O) groups is 2. The second kappa shape index (κ2) is 9.40. The molecule has 2 aromatic carbocycles. The number of fused-ring (bicyclic) bond motifs is 1. The zero-order valence-corrected chi connectivity index (χ0v) is 16.5. The van der Waals surface area contributed by atoms with Crippen molar-refractivity contribution in [1.82, 2.24) is 10.0 Å². The lowest BCUT2D eigenvalue weighted by Crippen LogP contribution is -2.26. The number of benzene rings is 2. The summed E-state index contributed by atoms with van der Waals surface area (Å²) in [6.45, 7) is 0. The van der Waals surface area contributed by atoms with Gasteiger partial charge in [0.1, 0.15) is 11.3 Å². The summed E-state index contributed by atoms with van der Waals surface area (Å²) in [6, 6.07) is 13.7. The van der Waals surface area contributed by atoms with Crippen molar-refractivity contribution in [2.24, 2.45) is 0 Å². The molecule has 0 unspecified atom stereocenters. The van der Waals surface area contributed by atoms with E-state index in [4.69, 9.17) is 4.74 Å². The highest BCUT2D eigenvalue weighted by Crippen LogP contribution is 2.29. The van der Waals surface area contributed by atoms with Crippen LogP contribution in [0.25, 0.3) is 10.9 Å². The van der Waals surface area contributed by atoms with Crippen molar-refractivity contribution in [3.8, 4) is 5.75 Å². The van der Waals surface area contributed by atoms with Gasteiger partial charge in [-0.15, -0.1) is 0 Å². The van der Waals surface area contributed by atoms with Gasteiger partial charge in [0, 0.05) is 23.1 Å². The first kappa shape index (κ1) is 20.6. The summed E-state index contributed by atoms with van der Waals surface area (Å²) in [5.41, 5.74) is 2.41. The first-order chi connectivity index (χ1) is 14.0. The maximum Gasteiger partial charge on any atom is 0.339 e. The van der Waals surface area contributed by atoms with Crippen molar-refractivity contribution in [3.05, 3.63) is 71.4 Å². The van der Waals surface area contributed by atoms with Gasteiger partial charge in [0.2, 0.25) is 6.41 Å². The van der Waals surface area contributed by atoms with E-state index in [9.17, 15) is 19.9 Å². The number of para-hydroxylation sites is 1. The van der Waals surface area contributed by atoms with E-state index in [0.717, 1.165) is 16.5 Å². The highest BCUT2D eigenvalue weighted by atomic mass is 32.2. The highest BCUT2D eigenvalue weighted by molar-refractivity contribution is 7.98. The van der Waals surface area contributed by atoms with E-state index in [1.54, 1.807) is 12.3 Å². The average Bonchev–Trinajstić information content (AvgIpc) is 2.75. The molecule has 29 heavy (non-hydrogen) atoms. The van der Waals surface area contributed by atoms with E-state index >= 15 is 0 Å². The normalized spacial score (nSPS) is 11.8. The summed E-state index contributed by atoms with van der Waals surface area (Å²) in [6.07, 6.45) is 2.12. The van der Waals surface area contributed by atoms with E-state index in [0.29, 0.717) is 28.5 Å². The number of amides is 1. The Balaban J connectivity index is 1.76. The number of carboxylic acid groups (broad SMARTS) is 1. The third kappa shape index (κ3) is 4.85. The molecule has 8 heteroatoms. The number of nitrogens with zero attached hydrogens (tertiary/aromatic N) is 2. The van der Waals surface area contributed by atoms with Crippen LogP contribution < -0.4 is 4.74 Å². The minimum Gasteiger partial charge on any atom is -0.496 e. The highest BCUT2D eigenvalue weighted by Gasteiger charge is 2.21. The van der Waals surface area contributed by atoms with Gasteiger partial charge >= 0.3 is 5.97 Å². The summed E-state index contributed by atoms with van der Waals surface area (Å²) in [7, 11) is 1.39. The molecule has 0 aliphatic rings. The number of ether oxygens (including phenoxy) is 1. The van der Waals surface area contributed by atoms with Crippen molar-refractivity contribution in [3.63, 3.8) is 0 Å². The van der Waals surface area contributed by atoms with Gasteiger partial charge in [-0.2, -0.15) is 11.8 Å². The lowest BCUT2D eigenvalue weighted by Gasteiger charge is -2.23. The molecule has 1 heterocycles. The van der Waals surface area contributed by atoms with Gasteiger partial charge in [-0.05, 0) is 35.4 Å². The van der Waals surface area contributed by atoms with Crippen LogP contribution in [-0.4, -0.2) is 45.6 Å². The summed E-state index contributed by atoms with van der Waals surface area (Å²) in [4.78, 5) is 27.0. The van der Waals surface area contributed by atoms with Crippen LogP contribution in [0.3, 0.4) is 0 Å². The first-order valence-corrected chi connectivity index (χ1v) is 9.94. The first-order valence-electron chi connectivity index (χ1n) is 8.78. The lowest BCUT2D eigenvalue weighted by atomic mass is 10.0. The Hall–Kier alpha value is -3.10. The zero-order chi connectivity index (χ0) is 20.8. The average molecular weight is 412 g/mol. The molecule has 7 nitrogen and oxygen atoms in total. The maximum atomic E-state index is 11.5. The van der Waals surface area contributed by atoms with Crippen LogP contribution in [0.4, 0.5) is 0 Å². The Morgan fingerprint density at radius 3 is 2.79 bits per heavy atom. The predicted octanol–water partition coefficient (Wildman–Crippen LogP) is 3.76. The molecule has 1 amide bonds. The van der Waals surface area contributed by atoms with Crippen molar-refractivity contribution in [2.75, 3.05) is 12.9 Å². The molecule has 2 N–H and O–H groups in total. The molecule has 0 aliphatic carbocycles. The molecule has 3 rings (SSSR count). The molecular formula is C21H20N2O5S. The molecule has 1 atom stereocenters. The van der Waals surface area contributed by atoms with Crippen molar-refractivity contribution >= 4 is 35.0 Å². The number of thioether (sulfide) groups is 1. The van der Waals surface area contributed by atoms with Gasteiger partial charge in [-0.25, -0.2) is 9.86 Å². The van der Waals surface area contributed by atoms with Crippen molar-refractivity contribution in [2.45, 2.75) is 11.8 Å². The number of carbonyl (C=O) groups excluding carboxylic acids is 1. The van der Waals surface area contributed by atoms with Crippen molar-refractivity contribution in [1.29, 1.82) is 0 Å². The minimum absolute atomic E-state index is 0.0296. The number of hydrogen-bond acceptors (Lipinski definition) is 6. The standard InChI is InChI=1S/C21H20N2O5S/c1-28-20-7-6-16(9-17(20)21(25)26)19(23(27)13-24)12-29-11-14-8-15-4-2-3-5-18(15)22-10-14/h2-10,13,19,27H,11-12H2,1H3,(H,25,26)/t19-/m1/s1. The van der Waals surface area contributed by atoms with Gasteiger partial charge in [0.25, 0.3) is 0 Å². The predicted molar refractivity (Wildman–Crippen MR) is 110 cm³/mol. The van der Waals surface area contributed by atoms with Gasteiger partial charge in [0.05, 0.1) is 18.7 Å². The second-order valence-corrected chi connectivity index (χ2v) is 7.35. The largest absolute Gasteiger partial charge is 0.496 e. The molecule has 150 valence electrons. The van der Waals surface area contributed by atoms with Crippen LogP contribution >= 0.6 is 11.8 Å². The van der Waals surface area contributed by atoms with Crippen LogP contribution in [0.15, 0.2) is 54.7 Å². The number of pyridine rings is 1. The van der Waals surface area contributed by atoms with E-state index in [1.165, 1.54) is 31.0 Å². The van der Waals surface area contributed by atoms with Gasteiger partial charge in [-0.1, -0.05) is 24.3 Å². The van der Waals surface area contributed by atoms with Gasteiger partial charge in [-0.3, -0.25) is 15.0 Å². The Kier molecular flexibility index (Phi) is 6.69. The number of hydrogen-bond donors (Lipinski definition) is 2. The molecule has 0 bridgehead atoms. The van der Waals surface area contributed by atoms with E-state index in [-0.39, 0.29) is 11.3 Å². The SMILES string of the molecule is COc1ccc([C@@H](CSCc2cnc3ccccc3c2)N(O)C=O)cc1C(=O)O. The summed E-state index contributed by atoms with van der Waals surface area (Å²) < 4.78 is 5.06.